The Labute approximate surface area is 123 Å². The van der Waals surface area contributed by atoms with Gasteiger partial charge in [-0.25, -0.2) is 9.97 Å². The Morgan fingerprint density at radius 3 is 2.75 bits per heavy atom. The molecular weight excluding hydrogens is 301 g/mol. The number of H-pyrrole nitrogens is 1. The number of aromatic amines is 1. The zero-order valence-corrected chi connectivity index (χ0v) is 11.4. The first-order chi connectivity index (χ1) is 9.63. The minimum Gasteiger partial charge on any atom is -0.493 e. The molecule has 3 rings (SSSR count). The molecular formula is C12H7Cl2N5O. The SMILES string of the molecule is Oc1[nH]c2ccc(Cl)cc2c1N=Nc1cc(Cl)ncn1. The average molecular weight is 308 g/mol. The Balaban J connectivity index is 2.06. The first kappa shape index (κ1) is 12.8. The van der Waals surface area contributed by atoms with Crippen LogP contribution in [0.1, 0.15) is 0 Å². The fraction of sp³-hybridized carbons (Fsp3) is 0. The fourth-order valence-electron chi connectivity index (χ4n) is 1.72. The van der Waals surface area contributed by atoms with Gasteiger partial charge in [-0.3, -0.25) is 0 Å². The second-order valence-corrected chi connectivity index (χ2v) is 4.73. The van der Waals surface area contributed by atoms with Crippen LogP contribution in [0.15, 0.2) is 40.8 Å². The zero-order valence-electron chi connectivity index (χ0n) is 9.88. The molecule has 0 aliphatic rings. The number of azo groups is 1. The number of nitrogens with zero attached hydrogens (tertiary/aromatic N) is 4. The smallest absolute Gasteiger partial charge is 0.218 e. The van der Waals surface area contributed by atoms with Crippen LogP contribution >= 0.6 is 23.2 Å². The van der Waals surface area contributed by atoms with Crippen molar-refractivity contribution < 1.29 is 5.11 Å². The molecule has 0 saturated carbocycles. The number of hydrogen-bond acceptors (Lipinski definition) is 5. The lowest BCUT2D eigenvalue weighted by molar-refractivity contribution is 0.459. The number of benzene rings is 1. The monoisotopic (exact) mass is 307 g/mol. The van der Waals surface area contributed by atoms with E-state index in [4.69, 9.17) is 23.2 Å². The van der Waals surface area contributed by atoms with E-state index in [0.717, 1.165) is 0 Å². The predicted molar refractivity (Wildman–Crippen MR) is 76.2 cm³/mol. The van der Waals surface area contributed by atoms with Gasteiger partial charge in [0.2, 0.25) is 5.88 Å². The maximum Gasteiger partial charge on any atom is 0.218 e. The summed E-state index contributed by atoms with van der Waals surface area (Å²) in [6.07, 6.45) is 1.28. The molecule has 20 heavy (non-hydrogen) atoms. The third kappa shape index (κ3) is 2.43. The molecule has 0 spiro atoms. The van der Waals surface area contributed by atoms with E-state index in [1.807, 2.05) is 0 Å². The van der Waals surface area contributed by atoms with Crippen LogP contribution in [0, 0.1) is 0 Å². The van der Waals surface area contributed by atoms with E-state index in [0.29, 0.717) is 21.7 Å². The summed E-state index contributed by atoms with van der Waals surface area (Å²) >= 11 is 11.7. The molecule has 0 bridgehead atoms. The molecule has 0 saturated heterocycles. The molecule has 8 heteroatoms. The van der Waals surface area contributed by atoms with E-state index in [9.17, 15) is 5.11 Å². The summed E-state index contributed by atoms with van der Waals surface area (Å²) < 4.78 is 0. The van der Waals surface area contributed by atoms with Crippen LogP contribution in [0.3, 0.4) is 0 Å². The molecule has 0 amide bonds. The molecule has 0 atom stereocenters. The topological polar surface area (TPSA) is 86.5 Å². The molecule has 2 heterocycles. The van der Waals surface area contributed by atoms with E-state index < -0.39 is 0 Å². The molecule has 100 valence electrons. The highest BCUT2D eigenvalue weighted by Gasteiger charge is 2.10. The van der Waals surface area contributed by atoms with Gasteiger partial charge in [-0.15, -0.1) is 10.2 Å². The van der Waals surface area contributed by atoms with Gasteiger partial charge in [0, 0.05) is 16.5 Å². The van der Waals surface area contributed by atoms with Crippen molar-refractivity contribution >= 4 is 45.6 Å². The first-order valence-electron chi connectivity index (χ1n) is 5.53. The Bertz CT molecular complexity index is 815. The van der Waals surface area contributed by atoms with Crippen molar-refractivity contribution in [1.29, 1.82) is 0 Å². The van der Waals surface area contributed by atoms with Crippen LogP contribution in [-0.4, -0.2) is 20.1 Å². The highest BCUT2D eigenvalue weighted by atomic mass is 35.5. The first-order valence-corrected chi connectivity index (χ1v) is 6.28. The van der Waals surface area contributed by atoms with Crippen LogP contribution in [0.4, 0.5) is 11.5 Å². The molecule has 3 aromatic rings. The van der Waals surface area contributed by atoms with Gasteiger partial charge in [0.1, 0.15) is 11.5 Å². The second kappa shape index (κ2) is 5.07. The van der Waals surface area contributed by atoms with Gasteiger partial charge in [-0.1, -0.05) is 23.2 Å². The summed E-state index contributed by atoms with van der Waals surface area (Å²) in [7, 11) is 0. The Hall–Kier alpha value is -2.18. The van der Waals surface area contributed by atoms with Crippen molar-refractivity contribution in [2.75, 3.05) is 0 Å². The number of rotatable bonds is 2. The van der Waals surface area contributed by atoms with Gasteiger partial charge in [-0.2, -0.15) is 0 Å². The fourth-order valence-corrected chi connectivity index (χ4v) is 2.03. The molecule has 0 radical (unpaired) electrons. The standard InChI is InChI=1S/C12H7Cl2N5O/c13-6-1-2-8-7(3-6)11(12(20)17-8)19-18-10-4-9(14)15-5-16-10/h1-5,17,20H. The molecule has 6 nitrogen and oxygen atoms in total. The van der Waals surface area contributed by atoms with Crippen molar-refractivity contribution in [3.05, 3.63) is 40.8 Å². The summed E-state index contributed by atoms with van der Waals surface area (Å²) in [6, 6.07) is 6.61. The summed E-state index contributed by atoms with van der Waals surface area (Å²) in [5.74, 6) is 0.201. The number of aromatic nitrogens is 3. The van der Waals surface area contributed by atoms with Crippen LogP contribution in [0.25, 0.3) is 10.9 Å². The van der Waals surface area contributed by atoms with Crippen LogP contribution < -0.4 is 0 Å². The van der Waals surface area contributed by atoms with E-state index in [1.165, 1.54) is 12.4 Å². The molecule has 0 fully saturated rings. The van der Waals surface area contributed by atoms with Gasteiger partial charge in [0.05, 0.1) is 5.52 Å². The van der Waals surface area contributed by atoms with Crippen molar-refractivity contribution in [3.8, 4) is 5.88 Å². The third-order valence-electron chi connectivity index (χ3n) is 2.59. The maximum atomic E-state index is 9.85. The second-order valence-electron chi connectivity index (χ2n) is 3.91. The number of fused-ring (bicyclic) bond motifs is 1. The quantitative estimate of drug-likeness (QED) is 0.544. The largest absolute Gasteiger partial charge is 0.493 e. The van der Waals surface area contributed by atoms with Gasteiger partial charge in [0.25, 0.3) is 0 Å². The molecule has 2 aromatic heterocycles. The molecule has 0 aliphatic heterocycles. The Morgan fingerprint density at radius 2 is 1.95 bits per heavy atom. The van der Waals surface area contributed by atoms with Gasteiger partial charge < -0.3 is 10.1 Å². The lowest BCUT2D eigenvalue weighted by atomic mass is 10.2. The number of aromatic hydroxyl groups is 1. The summed E-state index contributed by atoms with van der Waals surface area (Å²) in [5, 5.41) is 19.2. The van der Waals surface area contributed by atoms with Crippen LogP contribution in [-0.2, 0) is 0 Å². The summed E-state index contributed by atoms with van der Waals surface area (Å²) in [4.78, 5) is 10.4. The number of hydrogen-bond donors (Lipinski definition) is 2. The highest BCUT2D eigenvalue weighted by molar-refractivity contribution is 6.31. The number of halogens is 2. The van der Waals surface area contributed by atoms with E-state index >= 15 is 0 Å². The molecule has 0 unspecified atom stereocenters. The minimum absolute atomic E-state index is 0.0915. The van der Waals surface area contributed by atoms with Gasteiger partial charge >= 0.3 is 0 Å². The van der Waals surface area contributed by atoms with Crippen LogP contribution in [0.5, 0.6) is 5.88 Å². The van der Waals surface area contributed by atoms with E-state index in [-0.39, 0.29) is 16.7 Å². The average Bonchev–Trinajstić information content (AvgIpc) is 2.72. The maximum absolute atomic E-state index is 9.85. The van der Waals surface area contributed by atoms with Crippen molar-refractivity contribution in [3.63, 3.8) is 0 Å². The van der Waals surface area contributed by atoms with E-state index in [2.05, 4.69) is 25.2 Å². The zero-order chi connectivity index (χ0) is 14.1. The third-order valence-corrected chi connectivity index (χ3v) is 3.03. The Morgan fingerprint density at radius 1 is 1.10 bits per heavy atom. The van der Waals surface area contributed by atoms with Crippen molar-refractivity contribution in [2.24, 2.45) is 10.2 Å². The normalized spacial score (nSPS) is 11.5. The minimum atomic E-state index is -0.0915. The van der Waals surface area contributed by atoms with Crippen molar-refractivity contribution in [1.82, 2.24) is 15.0 Å². The lowest BCUT2D eigenvalue weighted by Gasteiger charge is -1.94. The van der Waals surface area contributed by atoms with Gasteiger partial charge in [-0.05, 0) is 18.2 Å². The number of nitrogens with one attached hydrogen (secondary N) is 1. The predicted octanol–water partition coefficient (Wildman–Crippen LogP) is 4.39. The molecule has 1 aromatic carbocycles. The summed E-state index contributed by atoms with van der Waals surface area (Å²) in [6.45, 7) is 0. The van der Waals surface area contributed by atoms with Crippen molar-refractivity contribution in [2.45, 2.75) is 0 Å². The molecule has 0 aliphatic carbocycles. The summed E-state index contributed by atoms with van der Waals surface area (Å²) in [5.41, 5.74) is 0.999. The lowest BCUT2D eigenvalue weighted by Crippen LogP contribution is -1.76. The van der Waals surface area contributed by atoms with Crippen LogP contribution in [0.2, 0.25) is 10.2 Å². The Kier molecular flexibility index (Phi) is 3.25. The highest BCUT2D eigenvalue weighted by Crippen LogP contribution is 2.37. The molecule has 2 N–H and O–H groups in total. The van der Waals surface area contributed by atoms with E-state index in [1.54, 1.807) is 18.2 Å². The van der Waals surface area contributed by atoms with Gasteiger partial charge in [0.15, 0.2) is 11.5 Å².